The van der Waals surface area contributed by atoms with Gasteiger partial charge in [-0.2, -0.15) is 0 Å². The molecule has 8 amide bonds. The minimum atomic E-state index is -1.22. The molecule has 1 saturated heterocycles. The second-order valence-corrected chi connectivity index (χ2v) is 12.2. The van der Waals surface area contributed by atoms with Crippen molar-refractivity contribution in [3.8, 4) is 0 Å². The lowest BCUT2D eigenvalue weighted by Crippen LogP contribution is -2.55. The molecule has 4 atom stereocenters. The van der Waals surface area contributed by atoms with Gasteiger partial charge in [0.2, 0.25) is 47.3 Å². The molecule has 1 fully saturated rings. The molecule has 0 aliphatic carbocycles. The maximum Gasteiger partial charge on any atom is 0.326 e. The van der Waals surface area contributed by atoms with Gasteiger partial charge in [-0.15, -0.1) is 0 Å². The van der Waals surface area contributed by atoms with E-state index in [1.165, 1.54) is 11.8 Å². The summed E-state index contributed by atoms with van der Waals surface area (Å²) in [5.74, 6) is -6.34. The molecule has 1 aliphatic heterocycles. The van der Waals surface area contributed by atoms with Crippen LogP contribution in [0.1, 0.15) is 59.3 Å². The number of carboxylic acid groups (broad SMARTS) is 1. The Bertz CT molecular complexity index is 1230. The second kappa shape index (κ2) is 22.7. The number of carbonyl (C=O) groups is 9. The predicted molar refractivity (Wildman–Crippen MR) is 177 cm³/mol. The zero-order valence-corrected chi connectivity index (χ0v) is 28.8. The van der Waals surface area contributed by atoms with Crippen LogP contribution in [-0.4, -0.2) is 133 Å². The Kier molecular flexibility index (Phi) is 19.6. The Morgan fingerprint density at radius 2 is 1.30 bits per heavy atom. The van der Waals surface area contributed by atoms with Gasteiger partial charge in [0.05, 0.1) is 32.7 Å². The SMILES string of the molecule is CC(C)C[C@H](NC(=O)CNC(=O)CN)C(=O)NCC(=O)N1CCC[C@H]1C(=O)N[C@@H](C)C(=O)NCC(=O)NCC(=O)N[C@@H](CCCCN)C(=O)O. The first-order chi connectivity index (χ1) is 23.6. The molecule has 20 nitrogen and oxygen atoms in total. The fourth-order valence-corrected chi connectivity index (χ4v) is 4.86. The average molecular weight is 713 g/mol. The Balaban J connectivity index is 2.57. The number of likely N-dealkylation sites (tertiary alicyclic amines) is 1. The molecule has 0 bridgehead atoms. The highest BCUT2D eigenvalue weighted by Crippen LogP contribution is 2.17. The summed E-state index contributed by atoms with van der Waals surface area (Å²) >= 11 is 0. The van der Waals surface area contributed by atoms with Crippen molar-refractivity contribution in [2.45, 2.75) is 83.5 Å². The zero-order valence-electron chi connectivity index (χ0n) is 28.8. The number of aliphatic carboxylic acids is 1. The van der Waals surface area contributed by atoms with E-state index in [0.29, 0.717) is 32.2 Å². The summed E-state index contributed by atoms with van der Waals surface area (Å²) < 4.78 is 0. The normalized spacial score (nSPS) is 15.6. The van der Waals surface area contributed by atoms with Gasteiger partial charge in [0.15, 0.2) is 0 Å². The van der Waals surface area contributed by atoms with Crippen LogP contribution in [0, 0.1) is 5.92 Å². The van der Waals surface area contributed by atoms with E-state index in [1.54, 1.807) is 0 Å². The molecular weight excluding hydrogens is 660 g/mol. The molecular formula is C30H52N10O10. The molecule has 0 radical (unpaired) electrons. The van der Waals surface area contributed by atoms with Gasteiger partial charge >= 0.3 is 5.97 Å². The third-order valence-corrected chi connectivity index (χ3v) is 7.48. The van der Waals surface area contributed by atoms with E-state index in [0.717, 1.165) is 0 Å². The van der Waals surface area contributed by atoms with Crippen LogP contribution < -0.4 is 48.7 Å². The Labute approximate surface area is 290 Å². The highest BCUT2D eigenvalue weighted by atomic mass is 16.4. The summed E-state index contributed by atoms with van der Waals surface area (Å²) in [5, 5.41) is 26.0. The molecule has 0 aromatic rings. The van der Waals surface area contributed by atoms with Crippen LogP contribution in [0.15, 0.2) is 0 Å². The van der Waals surface area contributed by atoms with Crippen LogP contribution in [0.3, 0.4) is 0 Å². The number of hydrogen-bond donors (Lipinski definition) is 10. The molecule has 0 spiro atoms. The third-order valence-electron chi connectivity index (χ3n) is 7.48. The van der Waals surface area contributed by atoms with E-state index >= 15 is 0 Å². The van der Waals surface area contributed by atoms with Gasteiger partial charge in [-0.25, -0.2) is 4.79 Å². The van der Waals surface area contributed by atoms with Crippen molar-refractivity contribution in [1.29, 1.82) is 0 Å². The second-order valence-electron chi connectivity index (χ2n) is 12.2. The highest BCUT2D eigenvalue weighted by Gasteiger charge is 2.35. The number of rotatable bonds is 22. The summed E-state index contributed by atoms with van der Waals surface area (Å²) in [7, 11) is 0. The van der Waals surface area contributed by atoms with Gasteiger partial charge < -0.3 is 58.7 Å². The van der Waals surface area contributed by atoms with Crippen molar-refractivity contribution >= 4 is 53.2 Å². The Morgan fingerprint density at radius 1 is 0.720 bits per heavy atom. The molecule has 0 unspecified atom stereocenters. The monoisotopic (exact) mass is 712 g/mol. The van der Waals surface area contributed by atoms with Gasteiger partial charge in [-0.1, -0.05) is 13.8 Å². The number of amides is 8. The minimum Gasteiger partial charge on any atom is -0.480 e. The van der Waals surface area contributed by atoms with E-state index in [4.69, 9.17) is 11.5 Å². The summed E-state index contributed by atoms with van der Waals surface area (Å²) in [4.78, 5) is 112. The number of nitrogens with zero attached hydrogens (tertiary/aromatic N) is 1. The lowest BCUT2D eigenvalue weighted by molar-refractivity contribution is -0.142. The number of nitrogens with two attached hydrogens (primary N) is 2. The van der Waals surface area contributed by atoms with Gasteiger partial charge in [0.1, 0.15) is 24.2 Å². The van der Waals surface area contributed by atoms with Gasteiger partial charge in [-0.05, 0) is 57.9 Å². The highest BCUT2D eigenvalue weighted by molar-refractivity contribution is 5.96. The Hall–Kier alpha value is -4.85. The number of unbranched alkanes of at least 4 members (excludes halogenated alkanes) is 1. The molecule has 0 aromatic carbocycles. The van der Waals surface area contributed by atoms with Crippen LogP contribution >= 0.6 is 0 Å². The van der Waals surface area contributed by atoms with E-state index in [-0.39, 0.29) is 38.4 Å². The summed E-state index contributed by atoms with van der Waals surface area (Å²) in [6.07, 6.45) is 2.32. The summed E-state index contributed by atoms with van der Waals surface area (Å²) in [6, 6.07) is -4.14. The van der Waals surface area contributed by atoms with E-state index in [9.17, 15) is 48.3 Å². The number of carbonyl (C=O) groups excluding carboxylic acids is 8. The average Bonchev–Trinajstić information content (AvgIpc) is 3.57. The molecule has 0 aromatic heterocycles. The van der Waals surface area contributed by atoms with Crippen LogP contribution in [-0.2, 0) is 43.2 Å². The molecule has 0 saturated carbocycles. The zero-order chi connectivity index (χ0) is 37.8. The van der Waals surface area contributed by atoms with E-state index < -0.39 is 97.0 Å². The number of nitrogens with one attached hydrogen (secondary N) is 7. The van der Waals surface area contributed by atoms with Crippen molar-refractivity contribution < 1.29 is 48.3 Å². The maximum atomic E-state index is 13.0. The summed E-state index contributed by atoms with van der Waals surface area (Å²) in [5.41, 5.74) is 10.6. The maximum absolute atomic E-state index is 13.0. The number of carboxylic acids is 1. The van der Waals surface area contributed by atoms with Crippen LogP contribution in [0.2, 0.25) is 0 Å². The summed E-state index contributed by atoms with van der Waals surface area (Å²) in [6.45, 7) is 3.49. The van der Waals surface area contributed by atoms with Crippen LogP contribution in [0.4, 0.5) is 0 Å². The molecule has 282 valence electrons. The van der Waals surface area contributed by atoms with Gasteiger partial charge in [-0.3, -0.25) is 38.4 Å². The molecule has 1 heterocycles. The lowest BCUT2D eigenvalue weighted by Gasteiger charge is -2.26. The first-order valence-corrected chi connectivity index (χ1v) is 16.5. The molecule has 1 aliphatic rings. The smallest absolute Gasteiger partial charge is 0.326 e. The molecule has 50 heavy (non-hydrogen) atoms. The Morgan fingerprint density at radius 3 is 1.88 bits per heavy atom. The topological polar surface area (TPSA) is 313 Å². The fourth-order valence-electron chi connectivity index (χ4n) is 4.86. The largest absolute Gasteiger partial charge is 0.480 e. The molecule has 1 rings (SSSR count). The van der Waals surface area contributed by atoms with Crippen molar-refractivity contribution in [3.63, 3.8) is 0 Å². The fraction of sp³-hybridized carbons (Fsp3) is 0.700. The lowest BCUT2D eigenvalue weighted by atomic mass is 10.0. The van der Waals surface area contributed by atoms with Gasteiger partial charge in [0, 0.05) is 6.54 Å². The minimum absolute atomic E-state index is 0.00222. The molecule has 20 heteroatoms. The van der Waals surface area contributed by atoms with Crippen molar-refractivity contribution in [2.24, 2.45) is 17.4 Å². The van der Waals surface area contributed by atoms with E-state index in [2.05, 4.69) is 37.2 Å². The molecule has 12 N–H and O–H groups in total. The van der Waals surface area contributed by atoms with Crippen molar-refractivity contribution in [3.05, 3.63) is 0 Å². The van der Waals surface area contributed by atoms with Crippen LogP contribution in [0.25, 0.3) is 0 Å². The number of hydrogen-bond acceptors (Lipinski definition) is 11. The predicted octanol–water partition coefficient (Wildman–Crippen LogP) is -4.87. The van der Waals surface area contributed by atoms with E-state index in [1.807, 2.05) is 13.8 Å². The third kappa shape index (κ3) is 16.5. The standard InChI is InChI=1S/C30H52N10O10/c1-17(2)11-20(39-25(44)14-33-22(41)12-32)28(47)36-16-26(45)40-10-6-8-21(40)29(48)37-18(3)27(46)35-13-23(42)34-15-24(43)38-19(30(49)50)7-4-5-9-31/h17-21H,4-16,31-32H2,1-3H3,(H,33,41)(H,34,42)(H,35,46)(H,36,47)(H,37,48)(H,38,43)(H,39,44)(H,49,50)/t18-,19-,20-,21-/m0/s1. The van der Waals surface area contributed by atoms with Crippen LogP contribution in [0.5, 0.6) is 0 Å². The van der Waals surface area contributed by atoms with Gasteiger partial charge in [0.25, 0.3) is 0 Å². The first kappa shape index (κ1) is 43.2. The van der Waals surface area contributed by atoms with Crippen molar-refractivity contribution in [1.82, 2.24) is 42.1 Å². The first-order valence-electron chi connectivity index (χ1n) is 16.5. The van der Waals surface area contributed by atoms with Crippen molar-refractivity contribution in [2.75, 3.05) is 45.8 Å². The quantitative estimate of drug-likeness (QED) is 0.0473.